The fourth-order valence-electron chi connectivity index (χ4n) is 3.01. The van der Waals surface area contributed by atoms with E-state index in [1.807, 2.05) is 0 Å². The summed E-state index contributed by atoms with van der Waals surface area (Å²) < 4.78 is 17.3. The molecular formula is C16H17N5O5. The Morgan fingerprint density at radius 3 is 2.58 bits per heavy atom. The van der Waals surface area contributed by atoms with Gasteiger partial charge in [0.05, 0.1) is 38.3 Å². The number of hydrogen-bond donors (Lipinski definition) is 1. The van der Waals surface area contributed by atoms with Gasteiger partial charge in [0.1, 0.15) is 0 Å². The number of morpholine rings is 1. The topological polar surface area (TPSA) is 111 Å². The first kappa shape index (κ1) is 16.3. The van der Waals surface area contributed by atoms with Crippen LogP contribution < -0.4 is 15.0 Å². The maximum absolute atomic E-state index is 12.7. The third kappa shape index (κ3) is 2.46. The smallest absolute Gasteiger partial charge is 0.281 e. The Balaban J connectivity index is 1.91. The zero-order chi connectivity index (χ0) is 18.3. The Kier molecular flexibility index (Phi) is 3.96. The van der Waals surface area contributed by atoms with Crippen molar-refractivity contribution in [2.24, 2.45) is 0 Å². The van der Waals surface area contributed by atoms with E-state index in [0.29, 0.717) is 48.7 Å². The van der Waals surface area contributed by atoms with Crippen LogP contribution in [0.25, 0.3) is 16.6 Å². The number of hydrogen-bond acceptors (Lipinski definition) is 7. The highest BCUT2D eigenvalue weighted by Gasteiger charge is 2.25. The van der Waals surface area contributed by atoms with Gasteiger partial charge in [-0.25, -0.2) is 9.73 Å². The molecule has 26 heavy (non-hydrogen) atoms. The molecule has 0 bridgehead atoms. The van der Waals surface area contributed by atoms with Crippen LogP contribution in [0.1, 0.15) is 10.5 Å². The van der Waals surface area contributed by atoms with Gasteiger partial charge in [0.2, 0.25) is 0 Å². The monoisotopic (exact) mass is 359 g/mol. The van der Waals surface area contributed by atoms with Crippen LogP contribution in [-0.2, 0) is 4.74 Å². The summed E-state index contributed by atoms with van der Waals surface area (Å²) in [5.41, 5.74) is 0.288. The number of aromatic nitrogens is 4. The van der Waals surface area contributed by atoms with E-state index in [2.05, 4.69) is 15.3 Å². The number of rotatable bonds is 3. The molecule has 0 radical (unpaired) electrons. The van der Waals surface area contributed by atoms with Crippen molar-refractivity contribution in [3.63, 3.8) is 0 Å². The number of amides is 1. The molecule has 2 aromatic heterocycles. The summed E-state index contributed by atoms with van der Waals surface area (Å²) in [5.74, 6) is 0.580. The number of fused-ring (bicyclic) bond motifs is 3. The van der Waals surface area contributed by atoms with Crippen LogP contribution >= 0.6 is 0 Å². The van der Waals surface area contributed by atoms with Gasteiger partial charge in [-0.05, 0) is 6.07 Å². The Hall–Kier alpha value is -3.14. The van der Waals surface area contributed by atoms with E-state index in [1.165, 1.54) is 18.7 Å². The minimum atomic E-state index is -0.474. The summed E-state index contributed by atoms with van der Waals surface area (Å²) >= 11 is 0. The quantitative estimate of drug-likeness (QED) is 0.704. The molecule has 1 amide bonds. The summed E-state index contributed by atoms with van der Waals surface area (Å²) in [6, 6.07) is 3.20. The molecule has 0 saturated carbocycles. The molecule has 3 aromatic rings. The molecule has 10 nitrogen and oxygen atoms in total. The van der Waals surface area contributed by atoms with Crippen LogP contribution in [-0.4, -0.2) is 71.1 Å². The number of aromatic amines is 1. The number of ether oxygens (including phenoxy) is 3. The number of nitrogens with zero attached hydrogens (tertiary/aromatic N) is 4. The normalized spacial score (nSPS) is 14.8. The van der Waals surface area contributed by atoms with E-state index < -0.39 is 5.56 Å². The molecule has 1 aliphatic rings. The third-order valence-electron chi connectivity index (χ3n) is 4.37. The second kappa shape index (κ2) is 6.30. The first-order chi connectivity index (χ1) is 12.6. The van der Waals surface area contributed by atoms with Crippen molar-refractivity contribution in [2.75, 3.05) is 40.5 Å². The van der Waals surface area contributed by atoms with Gasteiger partial charge < -0.3 is 19.1 Å². The molecule has 1 N–H and O–H groups in total. The second-order valence-electron chi connectivity index (χ2n) is 5.77. The van der Waals surface area contributed by atoms with Crippen molar-refractivity contribution in [3.05, 3.63) is 28.2 Å². The molecule has 0 spiro atoms. The molecule has 3 heterocycles. The molecule has 10 heteroatoms. The molecule has 0 unspecified atom stereocenters. The minimum absolute atomic E-state index is 0.0979. The van der Waals surface area contributed by atoms with Crippen LogP contribution in [0.2, 0.25) is 0 Å². The van der Waals surface area contributed by atoms with Gasteiger partial charge in [0, 0.05) is 19.2 Å². The van der Waals surface area contributed by atoms with Gasteiger partial charge in [-0.15, -0.1) is 5.10 Å². The van der Waals surface area contributed by atoms with Crippen molar-refractivity contribution >= 4 is 22.5 Å². The molecule has 136 valence electrons. The molecule has 1 aromatic carbocycles. The predicted molar refractivity (Wildman–Crippen MR) is 90.9 cm³/mol. The van der Waals surface area contributed by atoms with Crippen molar-refractivity contribution in [3.8, 4) is 11.5 Å². The SMILES string of the molecule is COc1cc2c(=O)nc3c(C(=O)N4CCOCC4)n[nH]n3c2cc1OC. The first-order valence-electron chi connectivity index (χ1n) is 8.04. The van der Waals surface area contributed by atoms with Crippen molar-refractivity contribution in [2.45, 2.75) is 0 Å². The van der Waals surface area contributed by atoms with E-state index in [1.54, 1.807) is 17.0 Å². The minimum Gasteiger partial charge on any atom is -0.493 e. The van der Waals surface area contributed by atoms with E-state index in [4.69, 9.17) is 14.2 Å². The van der Waals surface area contributed by atoms with Crippen LogP contribution in [0.4, 0.5) is 0 Å². The lowest BCUT2D eigenvalue weighted by Gasteiger charge is -2.25. The molecule has 1 fully saturated rings. The van der Waals surface area contributed by atoms with Gasteiger partial charge in [-0.1, -0.05) is 0 Å². The van der Waals surface area contributed by atoms with Crippen molar-refractivity contribution < 1.29 is 19.0 Å². The molecule has 0 aliphatic carbocycles. The Morgan fingerprint density at radius 1 is 1.19 bits per heavy atom. The summed E-state index contributed by atoms with van der Waals surface area (Å²) in [5, 5.41) is 7.18. The van der Waals surface area contributed by atoms with Gasteiger partial charge >= 0.3 is 0 Å². The maximum atomic E-state index is 12.7. The molecule has 0 atom stereocenters. The van der Waals surface area contributed by atoms with Crippen LogP contribution in [0.15, 0.2) is 16.9 Å². The van der Waals surface area contributed by atoms with Gasteiger partial charge in [0.25, 0.3) is 11.5 Å². The number of carbonyl (C=O) groups is 1. The van der Waals surface area contributed by atoms with Gasteiger partial charge in [0.15, 0.2) is 22.8 Å². The Labute approximate surface area is 147 Å². The highest BCUT2D eigenvalue weighted by Crippen LogP contribution is 2.30. The van der Waals surface area contributed by atoms with E-state index >= 15 is 0 Å². The lowest BCUT2D eigenvalue weighted by molar-refractivity contribution is 0.0300. The highest BCUT2D eigenvalue weighted by atomic mass is 16.5. The lowest BCUT2D eigenvalue weighted by Crippen LogP contribution is -2.41. The summed E-state index contributed by atoms with van der Waals surface area (Å²) in [6.45, 7) is 1.89. The predicted octanol–water partition coefficient (Wildman–Crippen LogP) is 0.0604. The third-order valence-corrected chi connectivity index (χ3v) is 4.37. The fraction of sp³-hybridized carbons (Fsp3) is 0.375. The van der Waals surface area contributed by atoms with Crippen molar-refractivity contribution in [1.29, 1.82) is 0 Å². The van der Waals surface area contributed by atoms with Crippen LogP contribution in [0.5, 0.6) is 11.5 Å². The average Bonchev–Trinajstić information content (AvgIpc) is 3.10. The van der Waals surface area contributed by atoms with E-state index in [0.717, 1.165) is 0 Å². The molecule has 1 aliphatic heterocycles. The number of methoxy groups -OCH3 is 2. The average molecular weight is 359 g/mol. The van der Waals surface area contributed by atoms with Crippen molar-refractivity contribution in [1.82, 2.24) is 24.7 Å². The number of benzene rings is 1. The number of H-pyrrole nitrogens is 1. The van der Waals surface area contributed by atoms with E-state index in [-0.39, 0.29) is 17.2 Å². The second-order valence-corrected chi connectivity index (χ2v) is 5.77. The molecule has 4 rings (SSSR count). The lowest BCUT2D eigenvalue weighted by atomic mass is 10.2. The summed E-state index contributed by atoms with van der Waals surface area (Å²) in [7, 11) is 2.99. The van der Waals surface area contributed by atoms with Gasteiger partial charge in [-0.3, -0.25) is 9.59 Å². The molecular weight excluding hydrogens is 342 g/mol. The Morgan fingerprint density at radius 2 is 1.88 bits per heavy atom. The number of nitrogens with one attached hydrogen (secondary N) is 1. The number of carbonyl (C=O) groups excluding carboxylic acids is 1. The first-order valence-corrected chi connectivity index (χ1v) is 8.04. The Bertz CT molecular complexity index is 1050. The van der Waals surface area contributed by atoms with Crippen LogP contribution in [0.3, 0.4) is 0 Å². The largest absolute Gasteiger partial charge is 0.493 e. The molecule has 1 saturated heterocycles. The zero-order valence-electron chi connectivity index (χ0n) is 14.3. The van der Waals surface area contributed by atoms with Gasteiger partial charge in [-0.2, -0.15) is 4.98 Å². The standard InChI is InChI=1S/C16H17N5O5/c1-24-11-7-9-10(8-12(11)25-2)21-14(17-15(9)22)13(18-19-21)16(23)20-3-5-26-6-4-20/h7-8,19H,3-6H2,1-2H3. The zero-order valence-corrected chi connectivity index (χ0v) is 14.3. The summed E-state index contributed by atoms with van der Waals surface area (Å²) in [6.07, 6.45) is 0. The summed E-state index contributed by atoms with van der Waals surface area (Å²) in [4.78, 5) is 30.9. The van der Waals surface area contributed by atoms with Crippen LogP contribution in [0, 0.1) is 0 Å². The van der Waals surface area contributed by atoms with E-state index in [9.17, 15) is 9.59 Å². The maximum Gasteiger partial charge on any atom is 0.281 e. The fourth-order valence-corrected chi connectivity index (χ4v) is 3.01. The highest BCUT2D eigenvalue weighted by molar-refractivity contribution is 5.99.